The van der Waals surface area contributed by atoms with E-state index in [1.54, 1.807) is 7.11 Å². The van der Waals surface area contributed by atoms with Gasteiger partial charge >= 0.3 is 0 Å². The summed E-state index contributed by atoms with van der Waals surface area (Å²) in [5.41, 5.74) is 0.954. The third kappa shape index (κ3) is 3.52. The zero-order valence-electron chi connectivity index (χ0n) is 19.0. The molecule has 8 atom stereocenters. The molecule has 0 N–H and O–H groups in total. The van der Waals surface area contributed by atoms with Gasteiger partial charge in [0, 0.05) is 36.5 Å². The molecule has 0 heterocycles. The van der Waals surface area contributed by atoms with Crippen LogP contribution in [0.2, 0.25) is 0 Å². The van der Waals surface area contributed by atoms with Crippen LogP contribution in [0.4, 0.5) is 0 Å². The first-order chi connectivity index (χ1) is 13.7. The Kier molecular flexibility index (Phi) is 6.90. The van der Waals surface area contributed by atoms with Gasteiger partial charge in [0.25, 0.3) is 0 Å². The summed E-state index contributed by atoms with van der Waals surface area (Å²) in [6.07, 6.45) is 7.67. The van der Waals surface area contributed by atoms with Gasteiger partial charge in [-0.15, -0.1) is 0 Å². The van der Waals surface area contributed by atoms with Gasteiger partial charge in [-0.3, -0.25) is 4.79 Å². The van der Waals surface area contributed by atoms with Crippen LogP contribution < -0.4 is 0 Å². The highest BCUT2D eigenvalue weighted by Gasteiger charge is 2.68. The summed E-state index contributed by atoms with van der Waals surface area (Å²) in [4.78, 5) is 14.0. The Morgan fingerprint density at radius 1 is 1.17 bits per heavy atom. The van der Waals surface area contributed by atoms with Gasteiger partial charge in [-0.25, -0.2) is 0 Å². The average Bonchev–Trinajstić information content (AvgIpc) is 3.11. The molecule has 0 aromatic heterocycles. The van der Waals surface area contributed by atoms with Gasteiger partial charge in [-0.1, -0.05) is 45.4 Å². The van der Waals surface area contributed by atoms with Gasteiger partial charge in [0.15, 0.2) is 0 Å². The fraction of sp³-hybridized carbons (Fsp3) is 0.875. The Morgan fingerprint density at radius 3 is 2.48 bits per heavy atom. The molecule has 2 bridgehead atoms. The first kappa shape index (κ1) is 23.2. The van der Waals surface area contributed by atoms with Gasteiger partial charge in [0.1, 0.15) is 12.6 Å². The molecule has 166 valence electrons. The smallest absolute Gasteiger partial charge is 0.146 e. The lowest BCUT2D eigenvalue weighted by Gasteiger charge is -2.62. The van der Waals surface area contributed by atoms with E-state index in [1.165, 1.54) is 5.54 Å². The van der Waals surface area contributed by atoms with Crippen LogP contribution in [0.5, 0.6) is 0 Å². The number of allylic oxidation sites excluding steroid dienone is 1. The maximum absolute atomic E-state index is 14.0. The van der Waals surface area contributed by atoms with E-state index in [2.05, 4.69) is 27.7 Å². The summed E-state index contributed by atoms with van der Waals surface area (Å²) in [5, 5.41) is 0. The number of rotatable bonds is 6. The van der Waals surface area contributed by atoms with Gasteiger partial charge in [-0.2, -0.15) is 0 Å². The molecule has 2 unspecified atom stereocenters. The molecule has 29 heavy (non-hydrogen) atoms. The predicted molar refractivity (Wildman–Crippen MR) is 116 cm³/mol. The highest BCUT2D eigenvalue weighted by Crippen LogP contribution is 2.68. The zero-order valence-corrected chi connectivity index (χ0v) is 19.8. The van der Waals surface area contributed by atoms with Crippen molar-refractivity contribution >= 4 is 17.4 Å². The molecule has 0 spiro atoms. The predicted octanol–water partition coefficient (Wildman–Crippen LogP) is 5.58. The Bertz CT molecular complexity index is 636. The highest BCUT2D eigenvalue weighted by atomic mass is 35.5. The third-order valence-electron chi connectivity index (χ3n) is 9.19. The molecule has 5 heteroatoms. The van der Waals surface area contributed by atoms with E-state index in [1.807, 2.05) is 13.2 Å². The lowest BCUT2D eigenvalue weighted by atomic mass is 9.44. The largest absolute Gasteiger partial charge is 0.381 e. The van der Waals surface area contributed by atoms with Crippen LogP contribution in [-0.4, -0.2) is 39.0 Å². The van der Waals surface area contributed by atoms with Crippen molar-refractivity contribution in [3.63, 3.8) is 0 Å². The normalized spacial score (nSPS) is 47.8. The molecule has 0 amide bonds. The van der Waals surface area contributed by atoms with E-state index in [-0.39, 0.29) is 35.7 Å². The van der Waals surface area contributed by atoms with Gasteiger partial charge in [0.2, 0.25) is 0 Å². The number of Topliss-reactive ketones (excluding diaryl/α,β-unsaturated/α-hetero) is 1. The molecule has 0 aromatic carbocycles. The number of halogens is 1. The van der Waals surface area contributed by atoms with E-state index < -0.39 is 5.41 Å². The standard InChI is InChI=1S/C24H39ClO4/c1-16-8-11-24-12-9-18(28-6)20(24)23(16,4)19(29-15-27-5)14-22(3,10-7-13-25)21(26)17(24)2/h7,13,16-20H,8-12,14-15H2,1-6H3/t16-,17+,18-,19-,20?,22-,23+,24?/m1/s1. The van der Waals surface area contributed by atoms with Gasteiger partial charge < -0.3 is 14.2 Å². The number of hydrogen-bond donors (Lipinski definition) is 0. The second-order valence-electron chi connectivity index (χ2n) is 10.3. The Morgan fingerprint density at radius 2 is 1.86 bits per heavy atom. The molecule has 3 fully saturated rings. The van der Waals surface area contributed by atoms with E-state index in [0.29, 0.717) is 30.5 Å². The number of carbonyl (C=O) groups excluding carboxylic acids is 1. The summed E-state index contributed by atoms with van der Waals surface area (Å²) in [6, 6.07) is 0. The molecule has 3 rings (SSSR count). The van der Waals surface area contributed by atoms with Crippen LogP contribution >= 0.6 is 11.6 Å². The molecule has 4 nitrogen and oxygen atoms in total. The zero-order chi connectivity index (χ0) is 21.4. The van der Waals surface area contributed by atoms with E-state index in [9.17, 15) is 4.79 Å². The van der Waals surface area contributed by atoms with Crippen molar-refractivity contribution in [1.29, 1.82) is 0 Å². The SMILES string of the molecule is COCO[C@@H]1C[C@@](C)(CC=CCl)C(=O)[C@H](C)C23CC[C@@H](C)[C@]1(C)C2[C@H](OC)CC3. The second kappa shape index (κ2) is 8.61. The Hall–Kier alpha value is -0.420. The van der Waals surface area contributed by atoms with Crippen LogP contribution in [0, 0.1) is 34.0 Å². The summed E-state index contributed by atoms with van der Waals surface area (Å²) in [5.74, 6) is 1.18. The molecule has 3 aliphatic carbocycles. The topological polar surface area (TPSA) is 44.8 Å². The van der Waals surface area contributed by atoms with Crippen LogP contribution in [0.3, 0.4) is 0 Å². The van der Waals surface area contributed by atoms with Gasteiger partial charge in [-0.05, 0) is 55.8 Å². The van der Waals surface area contributed by atoms with Crippen LogP contribution in [0.1, 0.15) is 66.2 Å². The lowest BCUT2D eigenvalue weighted by molar-refractivity contribution is -0.219. The molecule has 0 radical (unpaired) electrons. The molecule has 0 aromatic rings. The van der Waals surface area contributed by atoms with E-state index >= 15 is 0 Å². The van der Waals surface area contributed by atoms with Crippen molar-refractivity contribution in [1.82, 2.24) is 0 Å². The van der Waals surface area contributed by atoms with Crippen molar-refractivity contribution in [2.45, 2.75) is 78.4 Å². The number of methoxy groups -OCH3 is 2. The minimum absolute atomic E-state index is 0.0107. The Labute approximate surface area is 181 Å². The molecule has 3 aliphatic rings. The molecule has 3 saturated carbocycles. The molecule has 0 aliphatic heterocycles. The van der Waals surface area contributed by atoms with Gasteiger partial charge in [0.05, 0.1) is 12.2 Å². The Balaban J connectivity index is 2.17. The lowest BCUT2D eigenvalue weighted by Crippen LogP contribution is -2.62. The molecule has 0 saturated heterocycles. The first-order valence-corrected chi connectivity index (χ1v) is 11.6. The first-order valence-electron chi connectivity index (χ1n) is 11.1. The minimum atomic E-state index is -0.495. The fourth-order valence-electron chi connectivity index (χ4n) is 7.37. The average molecular weight is 427 g/mol. The van der Waals surface area contributed by atoms with Crippen molar-refractivity contribution in [3.8, 4) is 0 Å². The highest BCUT2D eigenvalue weighted by molar-refractivity contribution is 6.25. The van der Waals surface area contributed by atoms with Crippen LogP contribution in [0.15, 0.2) is 11.6 Å². The quantitative estimate of drug-likeness (QED) is 0.520. The number of ketones is 1. The van der Waals surface area contributed by atoms with Crippen LogP contribution in [-0.2, 0) is 19.0 Å². The summed E-state index contributed by atoms with van der Waals surface area (Å²) >= 11 is 5.87. The third-order valence-corrected chi connectivity index (χ3v) is 9.37. The van der Waals surface area contributed by atoms with Crippen molar-refractivity contribution in [2.75, 3.05) is 21.0 Å². The molecular weight excluding hydrogens is 388 g/mol. The summed E-state index contributed by atoms with van der Waals surface area (Å²) in [7, 11) is 3.50. The number of hydrogen-bond acceptors (Lipinski definition) is 4. The summed E-state index contributed by atoms with van der Waals surface area (Å²) < 4.78 is 17.8. The molecular formula is C24H39ClO4. The second-order valence-corrected chi connectivity index (χ2v) is 10.6. The van der Waals surface area contributed by atoms with E-state index in [0.717, 1.165) is 25.7 Å². The number of ether oxygens (including phenoxy) is 3. The maximum Gasteiger partial charge on any atom is 0.146 e. The van der Waals surface area contributed by atoms with Crippen molar-refractivity contribution in [2.24, 2.45) is 34.0 Å². The maximum atomic E-state index is 14.0. The fourth-order valence-corrected chi connectivity index (χ4v) is 7.46. The minimum Gasteiger partial charge on any atom is -0.381 e. The van der Waals surface area contributed by atoms with E-state index in [4.69, 9.17) is 25.8 Å². The summed E-state index contributed by atoms with van der Waals surface area (Å²) in [6.45, 7) is 9.30. The number of carbonyl (C=O) groups is 1. The van der Waals surface area contributed by atoms with Crippen molar-refractivity contribution in [3.05, 3.63) is 11.6 Å². The van der Waals surface area contributed by atoms with Crippen molar-refractivity contribution < 1.29 is 19.0 Å². The monoisotopic (exact) mass is 426 g/mol. The van der Waals surface area contributed by atoms with Crippen LogP contribution in [0.25, 0.3) is 0 Å².